The highest BCUT2D eigenvalue weighted by Gasteiger charge is 2.14. The highest BCUT2D eigenvalue weighted by atomic mass is 35.5. The van der Waals surface area contributed by atoms with Gasteiger partial charge in [-0.25, -0.2) is 14.6 Å². The molecule has 2 amide bonds. The quantitative estimate of drug-likeness (QED) is 0.513. The lowest BCUT2D eigenvalue weighted by atomic mass is 10.3. The van der Waals surface area contributed by atoms with E-state index >= 15 is 0 Å². The Morgan fingerprint density at radius 2 is 1.86 bits per heavy atom. The maximum Gasteiger partial charge on any atom is 0.313 e. The number of fused-ring (bicyclic) bond motifs is 1. The number of anilines is 1. The molecule has 0 saturated heterocycles. The molecule has 0 radical (unpaired) electrons. The van der Waals surface area contributed by atoms with Crippen molar-refractivity contribution in [1.29, 1.82) is 0 Å². The summed E-state index contributed by atoms with van der Waals surface area (Å²) < 4.78 is 3.33. The molecule has 0 bridgehead atoms. The number of nitrogens with one attached hydrogen (secondary N) is 2. The normalized spacial score (nSPS) is 10.8. The Morgan fingerprint density at radius 3 is 2.61 bits per heavy atom. The first-order valence-corrected chi connectivity index (χ1v) is 8.64. The number of benzene rings is 1. The van der Waals surface area contributed by atoms with E-state index in [2.05, 4.69) is 25.7 Å². The van der Waals surface area contributed by atoms with E-state index in [9.17, 15) is 9.59 Å². The minimum Gasteiger partial charge on any atom is -0.342 e. The fourth-order valence-corrected chi connectivity index (χ4v) is 2.75. The molecular formula is C18H14ClN7O2. The molecule has 0 atom stereocenters. The zero-order valence-electron chi connectivity index (χ0n) is 14.4. The molecule has 0 spiro atoms. The summed E-state index contributed by atoms with van der Waals surface area (Å²) in [7, 11) is 0. The Hall–Kier alpha value is -3.72. The molecule has 0 aliphatic carbocycles. The topological polar surface area (TPSA) is 106 Å². The molecule has 2 N–H and O–H groups in total. The number of nitrogens with zero attached hydrogens (tertiary/aromatic N) is 5. The van der Waals surface area contributed by atoms with Crippen molar-refractivity contribution in [1.82, 2.24) is 29.5 Å². The SMILES string of the molecule is O=C(NCc1cn2cc(Cl)ccc2n1)C(=O)Nc1ccc(-n2cncn2)cc1. The maximum absolute atomic E-state index is 12.1. The van der Waals surface area contributed by atoms with Crippen LogP contribution in [0, 0.1) is 0 Å². The third-order valence-electron chi connectivity index (χ3n) is 3.91. The van der Waals surface area contributed by atoms with Crippen LogP contribution in [0.4, 0.5) is 5.69 Å². The second kappa shape index (κ2) is 7.49. The average molecular weight is 396 g/mol. The molecule has 140 valence electrons. The minimum atomic E-state index is -0.764. The summed E-state index contributed by atoms with van der Waals surface area (Å²) in [6.07, 6.45) is 6.44. The van der Waals surface area contributed by atoms with Gasteiger partial charge in [0, 0.05) is 18.1 Å². The molecule has 0 unspecified atom stereocenters. The van der Waals surface area contributed by atoms with E-state index in [-0.39, 0.29) is 6.54 Å². The fourth-order valence-electron chi connectivity index (χ4n) is 2.58. The van der Waals surface area contributed by atoms with Crippen LogP contribution in [0.3, 0.4) is 0 Å². The predicted octanol–water partition coefficient (Wildman–Crippen LogP) is 1.82. The van der Waals surface area contributed by atoms with Gasteiger partial charge in [-0.05, 0) is 36.4 Å². The summed E-state index contributed by atoms with van der Waals surface area (Å²) in [4.78, 5) is 32.3. The highest BCUT2D eigenvalue weighted by Crippen LogP contribution is 2.13. The number of carbonyl (C=O) groups excluding carboxylic acids is 2. The third-order valence-corrected chi connectivity index (χ3v) is 4.13. The molecule has 0 aliphatic heterocycles. The number of halogens is 1. The first-order valence-electron chi connectivity index (χ1n) is 8.26. The fraction of sp³-hybridized carbons (Fsp3) is 0.0556. The van der Waals surface area contributed by atoms with E-state index < -0.39 is 11.8 Å². The number of hydrogen-bond donors (Lipinski definition) is 2. The van der Waals surface area contributed by atoms with Crippen molar-refractivity contribution in [3.63, 3.8) is 0 Å². The molecule has 4 aromatic rings. The largest absolute Gasteiger partial charge is 0.342 e. The van der Waals surface area contributed by atoms with Gasteiger partial charge in [-0.1, -0.05) is 11.6 Å². The zero-order chi connectivity index (χ0) is 19.5. The van der Waals surface area contributed by atoms with Crippen molar-refractivity contribution in [3.8, 4) is 5.69 Å². The molecule has 10 heteroatoms. The highest BCUT2D eigenvalue weighted by molar-refractivity contribution is 6.39. The number of aromatic nitrogens is 5. The molecular weight excluding hydrogens is 382 g/mol. The van der Waals surface area contributed by atoms with Crippen LogP contribution in [0.1, 0.15) is 5.69 Å². The summed E-state index contributed by atoms with van der Waals surface area (Å²) in [5.74, 6) is -1.52. The maximum atomic E-state index is 12.1. The van der Waals surface area contributed by atoms with Gasteiger partial charge in [0.1, 0.15) is 18.3 Å². The van der Waals surface area contributed by atoms with Gasteiger partial charge in [0.2, 0.25) is 0 Å². The molecule has 3 aromatic heterocycles. The van der Waals surface area contributed by atoms with Crippen LogP contribution in [-0.2, 0) is 16.1 Å². The third kappa shape index (κ3) is 3.84. The van der Waals surface area contributed by atoms with Crippen molar-refractivity contribution in [2.75, 3.05) is 5.32 Å². The molecule has 0 fully saturated rings. The first kappa shape index (κ1) is 17.7. The smallest absolute Gasteiger partial charge is 0.313 e. The standard InChI is InChI=1S/C18H14ClN7O2/c19-12-1-6-16-23-14(9-25(16)8-12)7-21-17(27)18(28)24-13-2-4-15(5-3-13)26-11-20-10-22-26/h1-6,8-11H,7H2,(H,21,27)(H,24,28). The summed E-state index contributed by atoms with van der Waals surface area (Å²) in [6, 6.07) is 10.4. The van der Waals surface area contributed by atoms with Crippen LogP contribution in [0.25, 0.3) is 11.3 Å². The number of carbonyl (C=O) groups is 2. The number of amides is 2. The lowest BCUT2D eigenvalue weighted by Crippen LogP contribution is -2.35. The van der Waals surface area contributed by atoms with E-state index in [1.54, 1.807) is 64.2 Å². The van der Waals surface area contributed by atoms with Gasteiger partial charge < -0.3 is 15.0 Å². The Bertz CT molecular complexity index is 1140. The number of pyridine rings is 1. The van der Waals surface area contributed by atoms with Gasteiger partial charge in [0.05, 0.1) is 22.9 Å². The van der Waals surface area contributed by atoms with E-state index in [4.69, 9.17) is 11.6 Å². The molecule has 4 rings (SSSR count). The van der Waals surface area contributed by atoms with Crippen LogP contribution in [0.15, 0.2) is 61.4 Å². The van der Waals surface area contributed by atoms with Crippen molar-refractivity contribution in [2.24, 2.45) is 0 Å². The van der Waals surface area contributed by atoms with E-state index in [0.717, 1.165) is 5.69 Å². The Kier molecular flexibility index (Phi) is 4.73. The zero-order valence-corrected chi connectivity index (χ0v) is 15.2. The van der Waals surface area contributed by atoms with Crippen LogP contribution in [-0.4, -0.2) is 36.0 Å². The van der Waals surface area contributed by atoms with E-state index in [0.29, 0.717) is 22.1 Å². The van der Waals surface area contributed by atoms with E-state index in [1.165, 1.54) is 6.33 Å². The molecule has 1 aromatic carbocycles. The van der Waals surface area contributed by atoms with E-state index in [1.807, 2.05) is 0 Å². The lowest BCUT2D eigenvalue weighted by Gasteiger charge is -2.06. The number of hydrogen-bond acceptors (Lipinski definition) is 5. The second-order valence-corrected chi connectivity index (χ2v) is 6.31. The van der Waals surface area contributed by atoms with Gasteiger partial charge in [-0.2, -0.15) is 5.10 Å². The van der Waals surface area contributed by atoms with Gasteiger partial charge in [-0.3, -0.25) is 9.59 Å². The Balaban J connectivity index is 1.34. The van der Waals surface area contributed by atoms with Crippen molar-refractivity contribution >= 4 is 34.7 Å². The summed E-state index contributed by atoms with van der Waals surface area (Å²) >= 11 is 5.93. The first-order chi connectivity index (χ1) is 13.6. The molecule has 9 nitrogen and oxygen atoms in total. The molecule has 3 heterocycles. The average Bonchev–Trinajstić information content (AvgIpc) is 3.36. The van der Waals surface area contributed by atoms with Gasteiger partial charge >= 0.3 is 11.8 Å². The number of imidazole rings is 1. The van der Waals surface area contributed by atoms with Crippen LogP contribution >= 0.6 is 11.6 Å². The summed E-state index contributed by atoms with van der Waals surface area (Å²) in [5, 5.41) is 9.69. The van der Waals surface area contributed by atoms with Crippen LogP contribution in [0.5, 0.6) is 0 Å². The van der Waals surface area contributed by atoms with Gasteiger partial charge in [-0.15, -0.1) is 0 Å². The van der Waals surface area contributed by atoms with Crippen LogP contribution < -0.4 is 10.6 Å². The Morgan fingerprint density at radius 1 is 1.04 bits per heavy atom. The molecule has 28 heavy (non-hydrogen) atoms. The van der Waals surface area contributed by atoms with Gasteiger partial charge in [0.15, 0.2) is 0 Å². The lowest BCUT2D eigenvalue weighted by molar-refractivity contribution is -0.136. The second-order valence-electron chi connectivity index (χ2n) is 5.87. The summed E-state index contributed by atoms with van der Waals surface area (Å²) in [5.41, 5.74) is 2.59. The van der Waals surface area contributed by atoms with Gasteiger partial charge in [0.25, 0.3) is 0 Å². The summed E-state index contributed by atoms with van der Waals surface area (Å²) in [6.45, 7) is 0.122. The predicted molar refractivity (Wildman–Crippen MR) is 102 cm³/mol. The molecule has 0 aliphatic rings. The van der Waals surface area contributed by atoms with Crippen LogP contribution in [0.2, 0.25) is 5.02 Å². The van der Waals surface area contributed by atoms with Crippen molar-refractivity contribution < 1.29 is 9.59 Å². The Labute approximate surface area is 164 Å². The van der Waals surface area contributed by atoms with Crippen molar-refractivity contribution in [3.05, 3.63) is 72.2 Å². The number of rotatable bonds is 4. The monoisotopic (exact) mass is 395 g/mol. The molecule has 0 saturated carbocycles. The minimum absolute atomic E-state index is 0.122. The van der Waals surface area contributed by atoms with Crippen molar-refractivity contribution in [2.45, 2.75) is 6.54 Å².